The highest BCUT2D eigenvalue weighted by Gasteiger charge is 2.11. The van der Waals surface area contributed by atoms with Gasteiger partial charge in [-0.15, -0.1) is 0 Å². The van der Waals surface area contributed by atoms with Crippen LogP contribution in [0.4, 0.5) is 5.69 Å². The molecule has 0 atom stereocenters. The van der Waals surface area contributed by atoms with E-state index in [4.69, 9.17) is 14.2 Å². The van der Waals surface area contributed by atoms with Gasteiger partial charge in [0.15, 0.2) is 23.9 Å². The van der Waals surface area contributed by atoms with Gasteiger partial charge in [0.05, 0.1) is 30.7 Å². The maximum absolute atomic E-state index is 12.4. The molecule has 0 spiro atoms. The summed E-state index contributed by atoms with van der Waals surface area (Å²) in [6.07, 6.45) is 1.58. The molecule has 1 amide bonds. The Morgan fingerprint density at radius 1 is 1.06 bits per heavy atom. The maximum Gasteiger partial charge on any atom is 0.262 e. The van der Waals surface area contributed by atoms with Gasteiger partial charge < -0.3 is 24.5 Å². The molecule has 0 saturated heterocycles. The second-order valence-corrected chi connectivity index (χ2v) is 7.58. The van der Waals surface area contributed by atoms with E-state index in [2.05, 4.69) is 21.4 Å². The van der Waals surface area contributed by atoms with E-state index < -0.39 is 0 Å². The Kier molecular flexibility index (Phi) is 7.27. The summed E-state index contributed by atoms with van der Waals surface area (Å²) in [4.78, 5) is 31.7. The van der Waals surface area contributed by atoms with Gasteiger partial charge in [-0.05, 0) is 60.2 Å². The van der Waals surface area contributed by atoms with Gasteiger partial charge in [0, 0.05) is 5.69 Å². The van der Waals surface area contributed by atoms with Crippen LogP contribution in [0.1, 0.15) is 11.4 Å². The van der Waals surface area contributed by atoms with Gasteiger partial charge in [0.25, 0.3) is 11.5 Å². The number of para-hydroxylation sites is 1. The third-order valence-corrected chi connectivity index (χ3v) is 5.22. The third-order valence-electron chi connectivity index (χ3n) is 5.22. The van der Waals surface area contributed by atoms with Crippen molar-refractivity contribution in [2.45, 2.75) is 0 Å². The number of nitriles is 1. The molecular weight excluding hydrogens is 460 g/mol. The molecule has 1 heterocycles. The largest absolute Gasteiger partial charge is 0.497 e. The van der Waals surface area contributed by atoms with Crippen LogP contribution >= 0.6 is 0 Å². The molecule has 2 N–H and O–H groups in total. The van der Waals surface area contributed by atoms with Crippen molar-refractivity contribution in [1.29, 1.82) is 5.26 Å². The van der Waals surface area contributed by atoms with Crippen molar-refractivity contribution >= 4 is 34.1 Å². The summed E-state index contributed by atoms with van der Waals surface area (Å²) in [6, 6.07) is 20.9. The van der Waals surface area contributed by atoms with Crippen LogP contribution in [0.5, 0.6) is 17.2 Å². The monoisotopic (exact) mass is 482 g/mol. The zero-order valence-electron chi connectivity index (χ0n) is 19.6. The van der Waals surface area contributed by atoms with Gasteiger partial charge in [-0.3, -0.25) is 9.59 Å². The topological polar surface area (TPSA) is 126 Å². The molecule has 0 aliphatic carbocycles. The zero-order chi connectivity index (χ0) is 25.5. The van der Waals surface area contributed by atoms with Crippen LogP contribution in [0.3, 0.4) is 0 Å². The van der Waals surface area contributed by atoms with E-state index in [1.165, 1.54) is 7.11 Å². The molecule has 4 aromatic rings. The minimum Gasteiger partial charge on any atom is -0.497 e. The minimum absolute atomic E-state index is 0.163. The molecule has 0 saturated carbocycles. The molecular formula is C27H22N4O5. The number of anilines is 1. The second-order valence-electron chi connectivity index (χ2n) is 7.58. The van der Waals surface area contributed by atoms with E-state index >= 15 is 0 Å². The molecule has 0 aliphatic heterocycles. The van der Waals surface area contributed by atoms with Crippen LogP contribution in [-0.4, -0.2) is 36.7 Å². The average molecular weight is 482 g/mol. The molecule has 3 aromatic carbocycles. The molecule has 9 heteroatoms. The second kappa shape index (κ2) is 10.9. The van der Waals surface area contributed by atoms with Crippen molar-refractivity contribution in [3.63, 3.8) is 0 Å². The Morgan fingerprint density at radius 2 is 1.83 bits per heavy atom. The molecule has 180 valence electrons. The van der Waals surface area contributed by atoms with Gasteiger partial charge in [-0.2, -0.15) is 5.26 Å². The number of nitrogens with zero attached hydrogens (tertiary/aromatic N) is 2. The quantitative estimate of drug-likeness (QED) is 0.363. The summed E-state index contributed by atoms with van der Waals surface area (Å²) in [5.74, 6) is 1.24. The number of nitrogens with one attached hydrogen (secondary N) is 2. The Bertz CT molecular complexity index is 1530. The van der Waals surface area contributed by atoms with Crippen LogP contribution in [0.15, 0.2) is 71.5 Å². The first-order valence-corrected chi connectivity index (χ1v) is 10.9. The number of fused-ring (bicyclic) bond motifs is 1. The Hall–Kier alpha value is -5.10. The molecule has 0 fully saturated rings. The standard InChI is InChI=1S/C27H22N4O5/c1-34-20-10-8-19(9-11-20)29-25(32)16-36-23-12-7-17(14-24(23)35-2)13-18(15-28)26-30-22-6-4-3-5-21(22)27(33)31-26/h3-14H,16H2,1-2H3,(H,29,32)(H,30,31,33)/b18-13+. The fourth-order valence-corrected chi connectivity index (χ4v) is 3.44. The molecule has 0 unspecified atom stereocenters. The number of aromatic nitrogens is 2. The van der Waals surface area contributed by atoms with Crippen molar-refractivity contribution in [2.24, 2.45) is 0 Å². The molecule has 0 aliphatic rings. The van der Waals surface area contributed by atoms with Crippen LogP contribution in [-0.2, 0) is 4.79 Å². The molecule has 36 heavy (non-hydrogen) atoms. The highest BCUT2D eigenvalue weighted by molar-refractivity contribution is 5.92. The van der Waals surface area contributed by atoms with Crippen LogP contribution < -0.4 is 25.1 Å². The lowest BCUT2D eigenvalue weighted by Gasteiger charge is -2.12. The number of carbonyl (C=O) groups is 1. The Balaban J connectivity index is 1.50. The number of methoxy groups -OCH3 is 2. The Labute approximate surface area is 206 Å². The number of ether oxygens (including phenoxy) is 3. The maximum atomic E-state index is 12.4. The highest BCUT2D eigenvalue weighted by atomic mass is 16.5. The Morgan fingerprint density at radius 3 is 2.56 bits per heavy atom. The fraction of sp³-hybridized carbons (Fsp3) is 0.111. The number of rotatable bonds is 8. The summed E-state index contributed by atoms with van der Waals surface area (Å²) in [6.45, 7) is -0.233. The molecule has 9 nitrogen and oxygen atoms in total. The third kappa shape index (κ3) is 5.51. The molecule has 0 radical (unpaired) electrons. The van der Waals surface area contributed by atoms with Crippen LogP contribution in [0, 0.1) is 11.3 Å². The van der Waals surface area contributed by atoms with Crippen molar-refractivity contribution < 1.29 is 19.0 Å². The first-order valence-electron chi connectivity index (χ1n) is 10.9. The normalized spacial score (nSPS) is 11.0. The smallest absolute Gasteiger partial charge is 0.262 e. The molecule has 0 bridgehead atoms. The van der Waals surface area contributed by atoms with E-state index in [0.29, 0.717) is 39.4 Å². The fourth-order valence-electron chi connectivity index (χ4n) is 3.44. The van der Waals surface area contributed by atoms with Crippen molar-refractivity contribution in [2.75, 3.05) is 26.1 Å². The lowest BCUT2D eigenvalue weighted by molar-refractivity contribution is -0.118. The lowest BCUT2D eigenvalue weighted by atomic mass is 10.1. The van der Waals surface area contributed by atoms with Gasteiger partial charge in [0.2, 0.25) is 0 Å². The molecule has 4 rings (SSSR count). The van der Waals surface area contributed by atoms with Crippen molar-refractivity contribution in [3.8, 4) is 23.3 Å². The summed E-state index contributed by atoms with van der Waals surface area (Å²) >= 11 is 0. The highest BCUT2D eigenvalue weighted by Crippen LogP contribution is 2.29. The van der Waals surface area contributed by atoms with Crippen molar-refractivity contribution in [3.05, 3.63) is 88.5 Å². The van der Waals surface area contributed by atoms with Crippen LogP contribution in [0.2, 0.25) is 0 Å². The predicted octanol–water partition coefficient (Wildman–Crippen LogP) is 4.02. The van der Waals surface area contributed by atoms with E-state index in [9.17, 15) is 14.9 Å². The minimum atomic E-state index is -0.343. The number of aromatic amines is 1. The summed E-state index contributed by atoms with van der Waals surface area (Å²) in [5, 5.41) is 12.9. The van der Waals surface area contributed by atoms with Gasteiger partial charge in [-0.25, -0.2) is 4.98 Å². The van der Waals surface area contributed by atoms with E-state index in [1.807, 2.05) is 0 Å². The summed E-state index contributed by atoms with van der Waals surface area (Å²) < 4.78 is 16.1. The molecule has 1 aromatic heterocycles. The average Bonchev–Trinajstić information content (AvgIpc) is 2.91. The van der Waals surface area contributed by atoms with Crippen LogP contribution in [0.25, 0.3) is 22.6 Å². The van der Waals surface area contributed by atoms with E-state index in [-0.39, 0.29) is 29.5 Å². The number of hydrogen-bond donors (Lipinski definition) is 2. The summed E-state index contributed by atoms with van der Waals surface area (Å²) in [7, 11) is 3.04. The number of carbonyl (C=O) groups excluding carboxylic acids is 1. The van der Waals surface area contributed by atoms with Gasteiger partial charge >= 0.3 is 0 Å². The first kappa shape index (κ1) is 24.0. The number of amides is 1. The predicted molar refractivity (Wildman–Crippen MR) is 136 cm³/mol. The van der Waals surface area contributed by atoms with Gasteiger partial charge in [-0.1, -0.05) is 18.2 Å². The number of H-pyrrole nitrogens is 1. The SMILES string of the molecule is COc1ccc(NC(=O)COc2ccc(/C=C(\C#N)c3nc4ccccc4c(=O)[nH]3)cc2OC)cc1. The lowest BCUT2D eigenvalue weighted by Crippen LogP contribution is -2.20. The zero-order valence-corrected chi connectivity index (χ0v) is 19.6. The first-order chi connectivity index (χ1) is 17.5. The number of hydrogen-bond acceptors (Lipinski definition) is 7. The van der Waals surface area contributed by atoms with E-state index in [1.54, 1.807) is 79.9 Å². The summed E-state index contributed by atoms with van der Waals surface area (Å²) in [5.41, 5.74) is 1.57. The van der Waals surface area contributed by atoms with Crippen molar-refractivity contribution in [1.82, 2.24) is 9.97 Å². The van der Waals surface area contributed by atoms with Gasteiger partial charge in [0.1, 0.15) is 11.8 Å². The van der Waals surface area contributed by atoms with E-state index in [0.717, 1.165) is 0 Å². The number of benzene rings is 3. The number of allylic oxidation sites excluding steroid dienone is 1.